The van der Waals surface area contributed by atoms with E-state index in [0.717, 1.165) is 25.9 Å². The molecule has 0 bridgehead atoms. The molecule has 1 heterocycles. The zero-order chi connectivity index (χ0) is 16.9. The van der Waals surface area contributed by atoms with Crippen molar-refractivity contribution in [2.24, 2.45) is 0 Å². The number of unbranched alkanes of at least 4 members (excludes halogenated alkanes) is 6. The minimum absolute atomic E-state index is 0. The SMILES string of the molecule is C=C(C)C(=O)OCCCCCC[n+]1ccn(CCCCCC)c1.[Br-]. The number of imidazole rings is 1. The van der Waals surface area contributed by atoms with E-state index in [-0.39, 0.29) is 23.0 Å². The molecule has 0 fully saturated rings. The van der Waals surface area contributed by atoms with Crippen molar-refractivity contribution >= 4 is 5.97 Å². The Morgan fingerprint density at radius 2 is 1.83 bits per heavy atom. The number of halogens is 1. The number of nitrogens with zero attached hydrogens (tertiary/aromatic N) is 2. The van der Waals surface area contributed by atoms with Crippen LogP contribution in [0.5, 0.6) is 0 Å². The molecule has 0 unspecified atom stereocenters. The van der Waals surface area contributed by atoms with Crippen LogP contribution < -0.4 is 21.5 Å². The fourth-order valence-electron chi connectivity index (χ4n) is 2.46. The average molecular weight is 401 g/mol. The van der Waals surface area contributed by atoms with E-state index in [4.69, 9.17) is 4.74 Å². The van der Waals surface area contributed by atoms with E-state index in [2.05, 4.69) is 41.4 Å². The first-order chi connectivity index (χ1) is 11.1. The van der Waals surface area contributed by atoms with Crippen LogP contribution >= 0.6 is 0 Å². The molecule has 0 saturated heterocycles. The standard InChI is InChI=1S/C19H33N2O2.BrH/c1-4-5-6-9-12-20-14-15-21(17-20)13-10-7-8-11-16-23-19(22)18(2)3;/h14-15,17H,2,4-13,16H2,1,3H3;1H/q+1;/p-1. The summed E-state index contributed by atoms with van der Waals surface area (Å²) in [6.45, 7) is 10.2. The van der Waals surface area contributed by atoms with Crippen LogP contribution in [-0.2, 0) is 22.6 Å². The van der Waals surface area contributed by atoms with E-state index in [1.54, 1.807) is 6.92 Å². The number of carbonyl (C=O) groups is 1. The summed E-state index contributed by atoms with van der Waals surface area (Å²) >= 11 is 0. The number of aromatic nitrogens is 2. The Kier molecular flexibility index (Phi) is 13.6. The first-order valence-corrected chi connectivity index (χ1v) is 9.01. The van der Waals surface area contributed by atoms with Crippen molar-refractivity contribution in [3.05, 3.63) is 30.9 Å². The lowest BCUT2D eigenvalue weighted by Gasteiger charge is -2.03. The van der Waals surface area contributed by atoms with Crippen LogP contribution in [0.3, 0.4) is 0 Å². The molecule has 5 heteroatoms. The number of hydrogen-bond acceptors (Lipinski definition) is 2. The summed E-state index contributed by atoms with van der Waals surface area (Å²) in [6.07, 6.45) is 16.1. The fraction of sp³-hybridized carbons (Fsp3) is 0.684. The molecule has 0 spiro atoms. The second-order valence-electron chi connectivity index (χ2n) is 6.28. The first kappa shape index (κ1) is 22.9. The third kappa shape index (κ3) is 10.6. The average Bonchev–Trinajstić information content (AvgIpc) is 2.98. The molecular weight excluding hydrogens is 368 g/mol. The lowest BCUT2D eigenvalue weighted by Crippen LogP contribution is -3.00. The fourth-order valence-corrected chi connectivity index (χ4v) is 2.46. The van der Waals surface area contributed by atoms with Crippen molar-refractivity contribution in [1.82, 2.24) is 4.57 Å². The third-order valence-corrected chi connectivity index (χ3v) is 3.91. The van der Waals surface area contributed by atoms with Gasteiger partial charge in [0.25, 0.3) is 0 Å². The second-order valence-corrected chi connectivity index (χ2v) is 6.28. The van der Waals surface area contributed by atoms with E-state index in [1.165, 1.54) is 38.5 Å². The Bertz CT molecular complexity index is 472. The summed E-state index contributed by atoms with van der Waals surface area (Å²) in [5, 5.41) is 0. The van der Waals surface area contributed by atoms with Gasteiger partial charge >= 0.3 is 5.97 Å². The maximum absolute atomic E-state index is 11.2. The van der Waals surface area contributed by atoms with Gasteiger partial charge in [-0.15, -0.1) is 0 Å². The van der Waals surface area contributed by atoms with Gasteiger partial charge in [0.15, 0.2) is 0 Å². The monoisotopic (exact) mass is 400 g/mol. The molecule has 0 radical (unpaired) electrons. The van der Waals surface area contributed by atoms with E-state index >= 15 is 0 Å². The van der Waals surface area contributed by atoms with Crippen LogP contribution in [0.4, 0.5) is 0 Å². The van der Waals surface area contributed by atoms with Crippen molar-refractivity contribution in [2.45, 2.75) is 78.3 Å². The molecule has 0 atom stereocenters. The highest BCUT2D eigenvalue weighted by atomic mass is 79.9. The van der Waals surface area contributed by atoms with Gasteiger partial charge in [-0.05, 0) is 45.4 Å². The highest BCUT2D eigenvalue weighted by molar-refractivity contribution is 5.86. The topological polar surface area (TPSA) is 35.1 Å². The Morgan fingerprint density at radius 1 is 1.12 bits per heavy atom. The zero-order valence-corrected chi connectivity index (χ0v) is 16.9. The van der Waals surface area contributed by atoms with Gasteiger partial charge in [0.1, 0.15) is 12.4 Å². The van der Waals surface area contributed by atoms with Crippen molar-refractivity contribution in [3.63, 3.8) is 0 Å². The Hall–Kier alpha value is -1.10. The summed E-state index contributed by atoms with van der Waals surface area (Å²) in [5.74, 6) is -0.277. The van der Waals surface area contributed by atoms with Crippen LogP contribution in [0.25, 0.3) is 0 Å². The molecule has 24 heavy (non-hydrogen) atoms. The number of aryl methyl sites for hydroxylation is 2. The van der Waals surface area contributed by atoms with Crippen LogP contribution in [0, 0.1) is 0 Å². The van der Waals surface area contributed by atoms with Crippen LogP contribution in [0.15, 0.2) is 30.9 Å². The summed E-state index contributed by atoms with van der Waals surface area (Å²) in [5.41, 5.74) is 0.473. The number of hydrogen-bond donors (Lipinski definition) is 0. The second kappa shape index (κ2) is 14.3. The summed E-state index contributed by atoms with van der Waals surface area (Å²) in [7, 11) is 0. The van der Waals surface area contributed by atoms with Gasteiger partial charge in [-0.2, -0.15) is 0 Å². The number of ether oxygens (including phenoxy) is 1. The van der Waals surface area contributed by atoms with Gasteiger partial charge in [0, 0.05) is 5.57 Å². The minimum atomic E-state index is -0.277. The molecule has 0 saturated carbocycles. The molecule has 0 N–H and O–H groups in total. The summed E-state index contributed by atoms with van der Waals surface area (Å²) in [4.78, 5) is 11.2. The van der Waals surface area contributed by atoms with Crippen LogP contribution in [0.1, 0.15) is 65.2 Å². The van der Waals surface area contributed by atoms with E-state index in [9.17, 15) is 4.79 Å². The van der Waals surface area contributed by atoms with Crippen LogP contribution in [0.2, 0.25) is 0 Å². The lowest BCUT2D eigenvalue weighted by molar-refractivity contribution is -0.696. The lowest BCUT2D eigenvalue weighted by atomic mass is 10.2. The van der Waals surface area contributed by atoms with E-state index in [0.29, 0.717) is 12.2 Å². The highest BCUT2D eigenvalue weighted by Crippen LogP contribution is 2.03. The summed E-state index contributed by atoms with van der Waals surface area (Å²) < 4.78 is 9.63. The summed E-state index contributed by atoms with van der Waals surface area (Å²) in [6, 6.07) is 0. The van der Waals surface area contributed by atoms with Crippen molar-refractivity contribution in [2.75, 3.05) is 6.61 Å². The van der Waals surface area contributed by atoms with Crippen molar-refractivity contribution < 1.29 is 31.1 Å². The molecule has 1 aromatic rings. The van der Waals surface area contributed by atoms with Gasteiger partial charge in [0.2, 0.25) is 6.33 Å². The predicted molar refractivity (Wildman–Crippen MR) is 93.0 cm³/mol. The predicted octanol–water partition coefficient (Wildman–Crippen LogP) is 1.04. The highest BCUT2D eigenvalue weighted by Gasteiger charge is 2.04. The Morgan fingerprint density at radius 3 is 2.54 bits per heavy atom. The zero-order valence-electron chi connectivity index (χ0n) is 15.3. The van der Waals surface area contributed by atoms with Gasteiger partial charge in [-0.1, -0.05) is 26.3 Å². The van der Waals surface area contributed by atoms with Crippen molar-refractivity contribution in [1.29, 1.82) is 0 Å². The van der Waals surface area contributed by atoms with Crippen molar-refractivity contribution in [3.8, 4) is 0 Å². The number of carbonyl (C=O) groups excluding carboxylic acids is 1. The normalized spacial score (nSPS) is 10.2. The molecule has 0 aliphatic heterocycles. The maximum atomic E-state index is 11.2. The van der Waals surface area contributed by atoms with Gasteiger partial charge < -0.3 is 21.7 Å². The van der Waals surface area contributed by atoms with Gasteiger partial charge in [-0.3, -0.25) is 0 Å². The van der Waals surface area contributed by atoms with Gasteiger partial charge in [0.05, 0.1) is 19.7 Å². The van der Waals surface area contributed by atoms with E-state index < -0.39 is 0 Å². The first-order valence-electron chi connectivity index (χ1n) is 9.01. The largest absolute Gasteiger partial charge is 1.00 e. The van der Waals surface area contributed by atoms with Crippen LogP contribution in [-0.4, -0.2) is 17.1 Å². The minimum Gasteiger partial charge on any atom is -1.00 e. The van der Waals surface area contributed by atoms with E-state index in [1.807, 2.05) is 0 Å². The molecular formula is C19H33BrN2O2. The molecule has 0 aliphatic rings. The molecule has 0 amide bonds. The number of esters is 1. The Labute approximate surface area is 157 Å². The molecule has 0 aliphatic carbocycles. The third-order valence-electron chi connectivity index (χ3n) is 3.91. The molecule has 4 nitrogen and oxygen atoms in total. The molecule has 138 valence electrons. The quantitative estimate of drug-likeness (QED) is 0.214. The number of rotatable bonds is 13. The smallest absolute Gasteiger partial charge is 0.333 e. The Balaban J connectivity index is 0.00000529. The molecule has 0 aromatic carbocycles. The molecule has 1 rings (SSSR count). The maximum Gasteiger partial charge on any atom is 0.333 e. The molecule has 1 aromatic heterocycles. The van der Waals surface area contributed by atoms with Gasteiger partial charge in [-0.25, -0.2) is 13.9 Å².